The molecule has 2 aliphatic carbocycles. The summed E-state index contributed by atoms with van der Waals surface area (Å²) < 4.78 is 0. The van der Waals surface area contributed by atoms with Crippen LogP contribution in [0.3, 0.4) is 0 Å². The number of allylic oxidation sites excluding steroid dienone is 2. The molecule has 0 aromatic heterocycles. The third-order valence-electron chi connectivity index (χ3n) is 8.40. The summed E-state index contributed by atoms with van der Waals surface area (Å²) in [5.74, 6) is 1.09. The summed E-state index contributed by atoms with van der Waals surface area (Å²) in [4.78, 5) is 9.64. The molecule has 0 amide bonds. The summed E-state index contributed by atoms with van der Waals surface area (Å²) in [6.07, 6.45) is 10.3. The van der Waals surface area contributed by atoms with Crippen molar-refractivity contribution in [2.24, 2.45) is 27.6 Å². The minimum atomic E-state index is 0. The van der Waals surface area contributed by atoms with Crippen LogP contribution in [0.15, 0.2) is 169 Å². The fraction of sp³-hybridized carbons (Fsp3) is 0.289. The second-order valence-corrected chi connectivity index (χ2v) is 13.8. The molecule has 0 saturated heterocycles. The van der Waals surface area contributed by atoms with Crippen molar-refractivity contribution in [3.8, 4) is 0 Å². The van der Waals surface area contributed by atoms with Crippen LogP contribution in [0.25, 0.3) is 0 Å². The molecule has 0 aliphatic heterocycles. The molecule has 4 atom stereocenters. The summed E-state index contributed by atoms with van der Waals surface area (Å²) in [6, 6.07) is 41.5. The van der Waals surface area contributed by atoms with Gasteiger partial charge in [0.25, 0.3) is 0 Å². The Balaban J connectivity index is 0.000000374. The molecule has 51 heavy (non-hydrogen) atoms. The van der Waals surface area contributed by atoms with E-state index in [-0.39, 0.29) is 30.9 Å². The SMILES string of the molecule is BrCC=CCBr.C.C=CC1CC1(C)N.C=CC1CC1(C)N=C(c1ccccc1)c1ccccc1.CCN=C(c1ccccc1)c1ccccc1.Cl. The summed E-state index contributed by atoms with van der Waals surface area (Å²) in [5.41, 5.74) is 12.6. The number of nitrogens with two attached hydrogens (primary N) is 1. The Labute approximate surface area is 331 Å². The topological polar surface area (TPSA) is 50.7 Å². The van der Waals surface area contributed by atoms with E-state index in [0.717, 1.165) is 41.5 Å². The molecule has 0 bridgehead atoms. The molecular formula is C45H56Br2ClN3. The molecule has 272 valence electrons. The second-order valence-electron chi connectivity index (χ2n) is 12.5. The average Bonchev–Trinajstić information content (AvgIpc) is 4.02. The van der Waals surface area contributed by atoms with Crippen LogP contribution in [0, 0.1) is 11.8 Å². The predicted octanol–water partition coefficient (Wildman–Crippen LogP) is 12.3. The lowest BCUT2D eigenvalue weighted by Gasteiger charge is -2.11. The zero-order valence-corrected chi connectivity index (χ0v) is 33.6. The van der Waals surface area contributed by atoms with Crippen molar-refractivity contribution in [1.82, 2.24) is 0 Å². The Morgan fingerprint density at radius 3 is 1.24 bits per heavy atom. The molecule has 4 aromatic carbocycles. The summed E-state index contributed by atoms with van der Waals surface area (Å²) in [7, 11) is 0. The van der Waals surface area contributed by atoms with Crippen molar-refractivity contribution in [2.75, 3.05) is 17.2 Å². The number of halogens is 3. The van der Waals surface area contributed by atoms with E-state index in [4.69, 9.17) is 10.7 Å². The standard InChI is InChI=1S/C19H19N.C15H15N.C6H11N.C4H6Br2.CH4.ClH/c1-3-17-14-19(17,2)20-18(15-10-6-4-7-11-15)16-12-8-5-9-13-16;1-2-16-15(13-9-5-3-6-10-13)14-11-7-4-8-12-14;1-3-5-4-6(5,2)7;5-3-1-2-4-6;;/h3-13,17H,1,14H2,2H3;3-12H,2H2,1H3;3,5H,1,4,7H2,2H3;1-2H,3-4H2;1H4;1H. The quantitative estimate of drug-likeness (QED) is 0.0966. The van der Waals surface area contributed by atoms with Gasteiger partial charge in [0.05, 0.1) is 17.0 Å². The normalized spacial score (nSPS) is 20.4. The molecule has 3 nitrogen and oxygen atoms in total. The Kier molecular flexibility index (Phi) is 21.5. The molecule has 0 radical (unpaired) electrons. The highest BCUT2D eigenvalue weighted by atomic mass is 79.9. The fourth-order valence-corrected chi connectivity index (χ4v) is 5.72. The number of benzene rings is 4. The molecule has 6 rings (SSSR count). The first-order chi connectivity index (χ1) is 23.7. The third-order valence-corrected chi connectivity index (χ3v) is 9.15. The molecule has 6 heteroatoms. The fourth-order valence-electron chi connectivity index (χ4n) is 5.19. The van der Waals surface area contributed by atoms with E-state index >= 15 is 0 Å². The van der Waals surface area contributed by atoms with Crippen molar-refractivity contribution >= 4 is 55.7 Å². The lowest BCUT2D eigenvalue weighted by Crippen LogP contribution is -2.18. The first-order valence-electron chi connectivity index (χ1n) is 16.9. The molecule has 2 saturated carbocycles. The minimum Gasteiger partial charge on any atom is -0.325 e. The Morgan fingerprint density at radius 1 is 0.667 bits per heavy atom. The van der Waals surface area contributed by atoms with Crippen molar-refractivity contribution < 1.29 is 0 Å². The van der Waals surface area contributed by atoms with E-state index in [1.54, 1.807) is 0 Å². The van der Waals surface area contributed by atoms with E-state index in [1.807, 2.05) is 60.7 Å². The lowest BCUT2D eigenvalue weighted by atomic mass is 10.0. The maximum atomic E-state index is 5.65. The molecule has 4 unspecified atom stereocenters. The third kappa shape index (κ3) is 15.4. The smallest absolute Gasteiger partial charge is 0.0725 e. The van der Waals surface area contributed by atoms with Crippen LogP contribution in [0.1, 0.15) is 63.3 Å². The molecule has 2 aliphatic rings. The average molecular weight is 834 g/mol. The van der Waals surface area contributed by atoms with Gasteiger partial charge >= 0.3 is 0 Å². The van der Waals surface area contributed by atoms with Crippen molar-refractivity contribution in [2.45, 2.75) is 52.1 Å². The first kappa shape index (κ1) is 45.7. The first-order valence-corrected chi connectivity index (χ1v) is 19.1. The molecule has 2 fully saturated rings. The Morgan fingerprint density at radius 2 is 1.00 bits per heavy atom. The second kappa shape index (κ2) is 24.0. The van der Waals surface area contributed by atoms with Crippen molar-refractivity contribution in [3.05, 3.63) is 181 Å². The van der Waals surface area contributed by atoms with Crippen LogP contribution in [0.2, 0.25) is 0 Å². The molecule has 2 N–H and O–H groups in total. The minimum absolute atomic E-state index is 0. The van der Waals surface area contributed by atoms with Crippen LogP contribution in [-0.2, 0) is 0 Å². The number of rotatable bonds is 10. The zero-order valence-electron chi connectivity index (χ0n) is 29.6. The van der Waals surface area contributed by atoms with Gasteiger partial charge in [-0.15, -0.1) is 25.6 Å². The predicted molar refractivity (Wildman–Crippen MR) is 236 cm³/mol. The maximum absolute atomic E-state index is 5.65. The number of hydrogen-bond donors (Lipinski definition) is 1. The summed E-state index contributed by atoms with van der Waals surface area (Å²) in [6.45, 7) is 14.7. The van der Waals surface area contributed by atoms with Crippen LogP contribution >= 0.6 is 44.3 Å². The molecule has 4 aromatic rings. The molecule has 0 heterocycles. The van der Waals surface area contributed by atoms with Gasteiger partial charge in [0.1, 0.15) is 0 Å². The van der Waals surface area contributed by atoms with Crippen LogP contribution < -0.4 is 5.73 Å². The number of hydrogen-bond acceptors (Lipinski definition) is 3. The van der Waals surface area contributed by atoms with Crippen LogP contribution in [-0.4, -0.2) is 39.7 Å². The van der Waals surface area contributed by atoms with E-state index in [9.17, 15) is 0 Å². The highest BCUT2D eigenvalue weighted by Gasteiger charge is 2.48. The van der Waals surface area contributed by atoms with Gasteiger partial charge in [-0.1, -0.05) is 185 Å². The monoisotopic (exact) mass is 831 g/mol. The lowest BCUT2D eigenvalue weighted by molar-refractivity contribution is 0.717. The van der Waals surface area contributed by atoms with Gasteiger partial charge < -0.3 is 5.73 Å². The molecular weight excluding hydrogens is 778 g/mol. The Bertz CT molecular complexity index is 1550. The van der Waals surface area contributed by atoms with Crippen molar-refractivity contribution in [1.29, 1.82) is 0 Å². The highest BCUT2D eigenvalue weighted by molar-refractivity contribution is 9.09. The largest absolute Gasteiger partial charge is 0.325 e. The van der Waals surface area contributed by atoms with Crippen LogP contribution in [0.5, 0.6) is 0 Å². The van der Waals surface area contributed by atoms with Gasteiger partial charge in [0.2, 0.25) is 0 Å². The summed E-state index contributed by atoms with van der Waals surface area (Å²) in [5, 5.41) is 1.91. The van der Waals surface area contributed by atoms with E-state index in [0.29, 0.717) is 11.8 Å². The van der Waals surface area contributed by atoms with Gasteiger partial charge in [0, 0.05) is 50.9 Å². The Hall–Kier alpha value is -3.35. The van der Waals surface area contributed by atoms with Gasteiger partial charge in [-0.3, -0.25) is 9.98 Å². The zero-order chi connectivity index (χ0) is 35.5. The number of nitrogens with zero attached hydrogens (tertiary/aromatic N) is 2. The van der Waals surface area contributed by atoms with Crippen LogP contribution in [0.4, 0.5) is 0 Å². The number of alkyl halides is 2. The highest BCUT2D eigenvalue weighted by Crippen LogP contribution is 2.48. The number of aliphatic imine (C=N–C) groups is 2. The van der Waals surface area contributed by atoms with E-state index < -0.39 is 0 Å². The molecule has 0 spiro atoms. The maximum Gasteiger partial charge on any atom is 0.0725 e. The van der Waals surface area contributed by atoms with Gasteiger partial charge in [-0.2, -0.15) is 0 Å². The van der Waals surface area contributed by atoms with E-state index in [1.165, 1.54) is 22.3 Å². The van der Waals surface area contributed by atoms with Gasteiger partial charge in [-0.05, 0) is 39.5 Å². The van der Waals surface area contributed by atoms with Crippen molar-refractivity contribution in [3.63, 3.8) is 0 Å². The van der Waals surface area contributed by atoms with Gasteiger partial charge in [0.15, 0.2) is 0 Å². The van der Waals surface area contributed by atoms with Gasteiger partial charge in [-0.25, -0.2) is 0 Å². The van der Waals surface area contributed by atoms with E-state index in [2.05, 4.69) is 156 Å². The summed E-state index contributed by atoms with van der Waals surface area (Å²) >= 11 is 6.49.